The molecular weight excluding hydrogens is 162 g/mol. The van der Waals surface area contributed by atoms with Crippen LogP contribution in [0.2, 0.25) is 0 Å². The quantitative estimate of drug-likeness (QED) is 0.722. The fourth-order valence-electron chi connectivity index (χ4n) is 1.68. The Morgan fingerprint density at radius 1 is 1.54 bits per heavy atom. The van der Waals surface area contributed by atoms with Gasteiger partial charge in [0.1, 0.15) is 5.76 Å². The van der Waals surface area contributed by atoms with Crippen molar-refractivity contribution in [3.8, 4) is 0 Å². The largest absolute Gasteiger partial charge is 0.497 e. The van der Waals surface area contributed by atoms with Crippen LogP contribution in [0.1, 0.15) is 33.6 Å². The van der Waals surface area contributed by atoms with Crippen LogP contribution in [0.5, 0.6) is 0 Å². The second kappa shape index (κ2) is 5.28. The predicted octanol–water partition coefficient (Wildman–Crippen LogP) is 2.31. The van der Waals surface area contributed by atoms with Gasteiger partial charge in [0.25, 0.3) is 0 Å². The molecule has 0 bridgehead atoms. The Balaban J connectivity index is 2.56. The summed E-state index contributed by atoms with van der Waals surface area (Å²) in [5.74, 6) is 1.76. The first-order valence-electron chi connectivity index (χ1n) is 5.32. The van der Waals surface area contributed by atoms with E-state index in [-0.39, 0.29) is 0 Å². The summed E-state index contributed by atoms with van der Waals surface area (Å²) in [5, 5.41) is 3.46. The Morgan fingerprint density at radius 2 is 2.31 bits per heavy atom. The number of rotatable bonds is 4. The molecule has 1 aliphatic rings. The van der Waals surface area contributed by atoms with Crippen LogP contribution in [-0.4, -0.2) is 19.2 Å². The zero-order valence-corrected chi connectivity index (χ0v) is 8.97. The summed E-state index contributed by atoms with van der Waals surface area (Å²) < 4.78 is 5.65. The summed E-state index contributed by atoms with van der Waals surface area (Å²) in [6.45, 7) is 8.49. The molecule has 0 aromatic heterocycles. The van der Waals surface area contributed by atoms with Crippen LogP contribution in [0, 0.1) is 5.92 Å². The van der Waals surface area contributed by atoms with Gasteiger partial charge in [-0.3, -0.25) is 0 Å². The van der Waals surface area contributed by atoms with E-state index in [9.17, 15) is 0 Å². The summed E-state index contributed by atoms with van der Waals surface area (Å²) in [7, 11) is 0. The molecule has 0 fully saturated rings. The molecule has 0 aliphatic carbocycles. The second-order valence-corrected chi connectivity index (χ2v) is 3.88. The average Bonchev–Trinajstić information content (AvgIpc) is 2.15. The smallest absolute Gasteiger partial charge is 0.109 e. The molecule has 1 aliphatic heterocycles. The summed E-state index contributed by atoms with van der Waals surface area (Å²) in [6.07, 6.45) is 4.57. The monoisotopic (exact) mass is 183 g/mol. The number of hydrogen-bond acceptors (Lipinski definition) is 2. The molecule has 0 aromatic rings. The summed E-state index contributed by atoms with van der Waals surface area (Å²) in [5.41, 5.74) is 0. The SMILES string of the molecule is CCNC(C1=CCCCO1)C(C)C. The van der Waals surface area contributed by atoms with Crippen LogP contribution in [-0.2, 0) is 4.74 Å². The molecular formula is C11H21NO. The Morgan fingerprint density at radius 3 is 2.77 bits per heavy atom. The molecule has 1 atom stereocenters. The van der Waals surface area contributed by atoms with Crippen molar-refractivity contribution in [2.45, 2.75) is 39.7 Å². The maximum atomic E-state index is 5.65. The average molecular weight is 183 g/mol. The molecule has 0 spiro atoms. The van der Waals surface area contributed by atoms with Gasteiger partial charge in [-0.15, -0.1) is 0 Å². The van der Waals surface area contributed by atoms with E-state index >= 15 is 0 Å². The molecule has 1 rings (SSSR count). The zero-order valence-electron chi connectivity index (χ0n) is 8.97. The van der Waals surface area contributed by atoms with Gasteiger partial charge >= 0.3 is 0 Å². The van der Waals surface area contributed by atoms with Crippen LogP contribution in [0.25, 0.3) is 0 Å². The van der Waals surface area contributed by atoms with Crippen molar-refractivity contribution in [1.82, 2.24) is 5.32 Å². The van der Waals surface area contributed by atoms with Crippen molar-refractivity contribution in [3.05, 3.63) is 11.8 Å². The minimum absolute atomic E-state index is 0.408. The van der Waals surface area contributed by atoms with Crippen molar-refractivity contribution in [3.63, 3.8) is 0 Å². The number of ether oxygens (including phenoxy) is 1. The highest BCUT2D eigenvalue weighted by atomic mass is 16.5. The summed E-state index contributed by atoms with van der Waals surface area (Å²) in [6, 6.07) is 0.408. The third kappa shape index (κ3) is 3.03. The molecule has 0 saturated heterocycles. The van der Waals surface area contributed by atoms with Crippen LogP contribution in [0.4, 0.5) is 0 Å². The molecule has 0 aromatic carbocycles. The fourth-order valence-corrected chi connectivity index (χ4v) is 1.68. The number of allylic oxidation sites excluding steroid dienone is 1. The highest BCUT2D eigenvalue weighted by Crippen LogP contribution is 2.18. The van der Waals surface area contributed by atoms with Crippen molar-refractivity contribution in [2.24, 2.45) is 5.92 Å². The first-order valence-corrected chi connectivity index (χ1v) is 5.32. The van der Waals surface area contributed by atoms with E-state index in [0.29, 0.717) is 12.0 Å². The van der Waals surface area contributed by atoms with Gasteiger partial charge < -0.3 is 10.1 Å². The van der Waals surface area contributed by atoms with Crippen molar-refractivity contribution in [2.75, 3.05) is 13.2 Å². The third-order valence-corrected chi connectivity index (χ3v) is 2.36. The second-order valence-electron chi connectivity index (χ2n) is 3.88. The van der Waals surface area contributed by atoms with Gasteiger partial charge in [0.15, 0.2) is 0 Å². The van der Waals surface area contributed by atoms with Gasteiger partial charge in [-0.05, 0) is 31.4 Å². The first-order chi connectivity index (χ1) is 6.25. The Hall–Kier alpha value is -0.500. The van der Waals surface area contributed by atoms with E-state index < -0.39 is 0 Å². The topological polar surface area (TPSA) is 21.3 Å². The van der Waals surface area contributed by atoms with E-state index in [1.165, 1.54) is 12.8 Å². The van der Waals surface area contributed by atoms with Crippen molar-refractivity contribution >= 4 is 0 Å². The molecule has 2 heteroatoms. The van der Waals surface area contributed by atoms with Crippen LogP contribution in [0.3, 0.4) is 0 Å². The summed E-state index contributed by atoms with van der Waals surface area (Å²) in [4.78, 5) is 0. The lowest BCUT2D eigenvalue weighted by Gasteiger charge is -2.27. The fraction of sp³-hybridized carbons (Fsp3) is 0.818. The Kier molecular flexibility index (Phi) is 4.29. The summed E-state index contributed by atoms with van der Waals surface area (Å²) >= 11 is 0. The minimum Gasteiger partial charge on any atom is -0.497 e. The Labute approximate surface area is 81.4 Å². The first kappa shape index (κ1) is 10.6. The normalized spacial score (nSPS) is 19.5. The van der Waals surface area contributed by atoms with Gasteiger partial charge in [-0.25, -0.2) is 0 Å². The molecule has 13 heavy (non-hydrogen) atoms. The highest BCUT2D eigenvalue weighted by molar-refractivity contribution is 5.06. The number of likely N-dealkylation sites (N-methyl/N-ethyl adjacent to an activating group) is 1. The van der Waals surface area contributed by atoms with E-state index in [0.717, 1.165) is 18.9 Å². The maximum Gasteiger partial charge on any atom is 0.109 e. The third-order valence-electron chi connectivity index (χ3n) is 2.36. The van der Waals surface area contributed by atoms with Gasteiger partial charge in [-0.1, -0.05) is 20.8 Å². The molecule has 0 radical (unpaired) electrons. The molecule has 1 N–H and O–H groups in total. The van der Waals surface area contributed by atoms with Gasteiger partial charge in [-0.2, -0.15) is 0 Å². The predicted molar refractivity (Wildman–Crippen MR) is 55.6 cm³/mol. The molecule has 1 unspecified atom stereocenters. The zero-order chi connectivity index (χ0) is 9.68. The van der Waals surface area contributed by atoms with Crippen LogP contribution < -0.4 is 5.32 Å². The molecule has 0 amide bonds. The highest BCUT2D eigenvalue weighted by Gasteiger charge is 2.19. The number of hydrogen-bond donors (Lipinski definition) is 1. The maximum absolute atomic E-state index is 5.65. The minimum atomic E-state index is 0.408. The molecule has 1 heterocycles. The van der Waals surface area contributed by atoms with Gasteiger partial charge in [0.05, 0.1) is 12.6 Å². The number of nitrogens with one attached hydrogen (secondary N) is 1. The lowest BCUT2D eigenvalue weighted by molar-refractivity contribution is 0.156. The Bertz CT molecular complexity index is 175. The van der Waals surface area contributed by atoms with E-state index in [4.69, 9.17) is 4.74 Å². The molecule has 0 saturated carbocycles. The van der Waals surface area contributed by atoms with E-state index in [2.05, 4.69) is 32.2 Å². The van der Waals surface area contributed by atoms with E-state index in [1.807, 2.05) is 0 Å². The van der Waals surface area contributed by atoms with Gasteiger partial charge in [0, 0.05) is 0 Å². The van der Waals surface area contributed by atoms with Crippen LogP contribution >= 0.6 is 0 Å². The van der Waals surface area contributed by atoms with E-state index in [1.54, 1.807) is 0 Å². The lowest BCUT2D eigenvalue weighted by Crippen LogP contribution is -2.37. The standard InChI is InChI=1S/C11H21NO/c1-4-12-11(9(2)3)10-7-5-6-8-13-10/h7,9,11-12H,4-6,8H2,1-3H3. The lowest BCUT2D eigenvalue weighted by atomic mass is 10.0. The van der Waals surface area contributed by atoms with Crippen molar-refractivity contribution in [1.29, 1.82) is 0 Å². The molecule has 76 valence electrons. The molecule has 2 nitrogen and oxygen atoms in total. The van der Waals surface area contributed by atoms with Gasteiger partial charge in [0.2, 0.25) is 0 Å². The van der Waals surface area contributed by atoms with Crippen molar-refractivity contribution < 1.29 is 4.74 Å². The van der Waals surface area contributed by atoms with Crippen LogP contribution in [0.15, 0.2) is 11.8 Å².